The number of carboxylic acid groups (broad SMARTS) is 1. The highest BCUT2D eigenvalue weighted by atomic mass is 19.4. The predicted molar refractivity (Wildman–Crippen MR) is 65.8 cm³/mol. The van der Waals surface area contributed by atoms with Crippen LogP contribution in [0.5, 0.6) is 0 Å². The molecule has 0 spiro atoms. The van der Waals surface area contributed by atoms with Gasteiger partial charge in [0.25, 0.3) is 0 Å². The molecule has 1 unspecified atom stereocenters. The number of hydrogen-bond acceptors (Lipinski definition) is 2. The molecule has 1 atom stereocenters. The summed E-state index contributed by atoms with van der Waals surface area (Å²) in [5, 5.41) is 9.15. The average Bonchev–Trinajstić information content (AvgIpc) is 3.08. The van der Waals surface area contributed by atoms with Crippen molar-refractivity contribution < 1.29 is 27.8 Å². The van der Waals surface area contributed by atoms with Crippen LogP contribution in [0.1, 0.15) is 36.2 Å². The highest BCUT2D eigenvalue weighted by molar-refractivity contribution is 5.89. The molecular formula is C14H15F3O3. The van der Waals surface area contributed by atoms with Gasteiger partial charge in [0, 0.05) is 0 Å². The third kappa shape index (κ3) is 2.52. The van der Waals surface area contributed by atoms with Gasteiger partial charge in [-0.25, -0.2) is 4.79 Å². The van der Waals surface area contributed by atoms with Crippen molar-refractivity contribution in [2.45, 2.75) is 37.5 Å². The van der Waals surface area contributed by atoms with Gasteiger partial charge in [-0.3, -0.25) is 0 Å². The Hall–Kier alpha value is -1.56. The molecule has 0 saturated carbocycles. The molecule has 1 heterocycles. The average molecular weight is 288 g/mol. The van der Waals surface area contributed by atoms with Gasteiger partial charge in [-0.05, 0) is 23.5 Å². The van der Waals surface area contributed by atoms with Gasteiger partial charge in [0.1, 0.15) is 0 Å². The molecule has 1 aliphatic rings. The Kier molecular flexibility index (Phi) is 3.32. The van der Waals surface area contributed by atoms with Crippen LogP contribution in [0, 0.1) is 0 Å². The first-order chi connectivity index (χ1) is 9.09. The van der Waals surface area contributed by atoms with Crippen molar-refractivity contribution in [1.29, 1.82) is 0 Å². The van der Waals surface area contributed by atoms with Gasteiger partial charge in [-0.1, -0.05) is 32.0 Å². The number of ether oxygens (including phenoxy) is 1. The fraction of sp³-hybridized carbons (Fsp3) is 0.500. The third-order valence-corrected chi connectivity index (χ3v) is 3.62. The van der Waals surface area contributed by atoms with Crippen molar-refractivity contribution in [2.75, 3.05) is 6.61 Å². The number of halogens is 3. The zero-order valence-electron chi connectivity index (χ0n) is 11.1. The molecule has 1 saturated heterocycles. The maximum atomic E-state index is 13.0. The van der Waals surface area contributed by atoms with Gasteiger partial charge < -0.3 is 9.84 Å². The predicted octanol–water partition coefficient (Wildman–Crippen LogP) is 3.38. The maximum Gasteiger partial charge on any atom is 0.419 e. The van der Waals surface area contributed by atoms with Crippen LogP contribution in [0.2, 0.25) is 0 Å². The molecule has 0 aromatic heterocycles. The van der Waals surface area contributed by atoms with Crippen molar-refractivity contribution in [1.82, 2.24) is 0 Å². The van der Waals surface area contributed by atoms with E-state index in [0.717, 1.165) is 0 Å². The lowest BCUT2D eigenvalue weighted by Crippen LogP contribution is -2.39. The van der Waals surface area contributed by atoms with Gasteiger partial charge in [0.05, 0.1) is 12.2 Å². The summed E-state index contributed by atoms with van der Waals surface area (Å²) in [5.74, 6) is -1.15. The standard InChI is InChI=1S/C14H15F3O3/c1-12(2,7-13(8-20-13)14(15,16)17)10-6-4-3-5-9(10)11(18)19/h3-6H,7-8H2,1-2H3,(H,18,19). The Morgan fingerprint density at radius 2 is 1.90 bits per heavy atom. The number of carbonyl (C=O) groups is 1. The third-order valence-electron chi connectivity index (χ3n) is 3.62. The molecule has 1 fully saturated rings. The molecule has 0 bridgehead atoms. The summed E-state index contributed by atoms with van der Waals surface area (Å²) in [6.07, 6.45) is -4.74. The fourth-order valence-corrected chi connectivity index (χ4v) is 2.52. The second kappa shape index (κ2) is 4.48. The Morgan fingerprint density at radius 1 is 1.35 bits per heavy atom. The van der Waals surface area contributed by atoms with E-state index in [9.17, 15) is 18.0 Å². The normalized spacial score (nSPS) is 22.6. The quantitative estimate of drug-likeness (QED) is 0.864. The van der Waals surface area contributed by atoms with Gasteiger partial charge in [0.15, 0.2) is 5.60 Å². The molecule has 6 heteroatoms. The summed E-state index contributed by atoms with van der Waals surface area (Å²) in [6.45, 7) is 2.84. The first kappa shape index (κ1) is 14.8. The van der Waals surface area contributed by atoms with E-state index in [1.807, 2.05) is 0 Å². The number of benzene rings is 1. The van der Waals surface area contributed by atoms with Crippen molar-refractivity contribution in [2.24, 2.45) is 0 Å². The van der Waals surface area contributed by atoms with Crippen LogP contribution in [0.15, 0.2) is 24.3 Å². The number of epoxide rings is 1. The molecule has 0 amide bonds. The molecule has 1 aliphatic heterocycles. The van der Waals surface area contributed by atoms with Crippen molar-refractivity contribution in [3.8, 4) is 0 Å². The minimum absolute atomic E-state index is 0.0236. The Labute approximate surface area is 114 Å². The van der Waals surface area contributed by atoms with E-state index in [2.05, 4.69) is 4.74 Å². The van der Waals surface area contributed by atoms with Crippen LogP contribution < -0.4 is 0 Å². The molecule has 1 aromatic rings. The van der Waals surface area contributed by atoms with E-state index in [1.165, 1.54) is 6.07 Å². The zero-order valence-corrected chi connectivity index (χ0v) is 11.1. The molecule has 0 radical (unpaired) electrons. The molecule has 1 N–H and O–H groups in total. The van der Waals surface area contributed by atoms with E-state index in [1.54, 1.807) is 32.0 Å². The minimum atomic E-state index is -4.44. The highest BCUT2D eigenvalue weighted by Gasteiger charge is 2.67. The first-order valence-corrected chi connectivity index (χ1v) is 6.13. The van der Waals surface area contributed by atoms with E-state index in [0.29, 0.717) is 5.56 Å². The van der Waals surface area contributed by atoms with Crippen LogP contribution in [-0.2, 0) is 10.2 Å². The van der Waals surface area contributed by atoms with Crippen LogP contribution in [-0.4, -0.2) is 29.5 Å². The molecule has 20 heavy (non-hydrogen) atoms. The molecule has 0 aliphatic carbocycles. The lowest BCUT2D eigenvalue weighted by Gasteiger charge is -2.30. The highest BCUT2D eigenvalue weighted by Crippen LogP contribution is 2.51. The van der Waals surface area contributed by atoms with Crippen LogP contribution in [0.25, 0.3) is 0 Å². The van der Waals surface area contributed by atoms with Crippen molar-refractivity contribution in [3.63, 3.8) is 0 Å². The van der Waals surface area contributed by atoms with E-state index < -0.39 is 23.2 Å². The zero-order chi connectivity index (χ0) is 15.2. The summed E-state index contributed by atoms with van der Waals surface area (Å²) in [4.78, 5) is 11.2. The second-order valence-electron chi connectivity index (χ2n) is 5.69. The largest absolute Gasteiger partial charge is 0.478 e. The monoisotopic (exact) mass is 288 g/mol. The molecule has 1 aromatic carbocycles. The number of carboxylic acids is 1. The smallest absolute Gasteiger partial charge is 0.419 e. The first-order valence-electron chi connectivity index (χ1n) is 6.13. The summed E-state index contributed by atoms with van der Waals surface area (Å²) in [7, 11) is 0. The summed E-state index contributed by atoms with van der Waals surface area (Å²) < 4.78 is 43.5. The van der Waals surface area contributed by atoms with Crippen LogP contribution in [0.3, 0.4) is 0 Å². The molecule has 110 valence electrons. The van der Waals surface area contributed by atoms with Gasteiger partial charge >= 0.3 is 12.1 Å². The SMILES string of the molecule is CC(C)(CC1(C(F)(F)F)CO1)c1ccccc1C(=O)O. The lowest BCUT2D eigenvalue weighted by atomic mass is 9.75. The molecular weight excluding hydrogens is 273 g/mol. The molecule has 3 nitrogen and oxygen atoms in total. The van der Waals surface area contributed by atoms with Crippen LogP contribution in [0.4, 0.5) is 13.2 Å². The van der Waals surface area contributed by atoms with Gasteiger partial charge in [-0.15, -0.1) is 0 Å². The van der Waals surface area contributed by atoms with Gasteiger partial charge in [0.2, 0.25) is 0 Å². The Bertz CT molecular complexity index is 531. The topological polar surface area (TPSA) is 49.8 Å². The molecule has 2 rings (SSSR count). The maximum absolute atomic E-state index is 13.0. The number of alkyl halides is 3. The summed E-state index contributed by atoms with van der Waals surface area (Å²) in [5.41, 5.74) is -2.69. The van der Waals surface area contributed by atoms with Crippen molar-refractivity contribution in [3.05, 3.63) is 35.4 Å². The Balaban J connectivity index is 2.35. The lowest BCUT2D eigenvalue weighted by molar-refractivity contribution is -0.188. The number of hydrogen-bond donors (Lipinski definition) is 1. The van der Waals surface area contributed by atoms with E-state index >= 15 is 0 Å². The minimum Gasteiger partial charge on any atom is -0.478 e. The van der Waals surface area contributed by atoms with Crippen molar-refractivity contribution >= 4 is 5.97 Å². The second-order valence-corrected chi connectivity index (χ2v) is 5.69. The Morgan fingerprint density at radius 3 is 2.35 bits per heavy atom. The number of aromatic carboxylic acids is 1. The summed E-state index contributed by atoms with van der Waals surface area (Å²) >= 11 is 0. The number of rotatable bonds is 4. The van der Waals surface area contributed by atoms with E-state index in [-0.39, 0.29) is 18.6 Å². The fourth-order valence-electron chi connectivity index (χ4n) is 2.52. The van der Waals surface area contributed by atoms with Crippen LogP contribution >= 0.6 is 0 Å². The van der Waals surface area contributed by atoms with E-state index in [4.69, 9.17) is 5.11 Å². The van der Waals surface area contributed by atoms with Gasteiger partial charge in [-0.2, -0.15) is 13.2 Å². The summed E-state index contributed by atoms with van der Waals surface area (Å²) in [6, 6.07) is 6.12.